The number of aliphatic carboxylic acids is 1. The van der Waals surface area contributed by atoms with Gasteiger partial charge in [-0.2, -0.15) is 0 Å². The first-order valence-corrected chi connectivity index (χ1v) is 5.23. The minimum Gasteiger partial charge on any atom is -0.480 e. The quantitative estimate of drug-likeness (QED) is 0.710. The van der Waals surface area contributed by atoms with Gasteiger partial charge in [-0.25, -0.2) is 0 Å². The van der Waals surface area contributed by atoms with Gasteiger partial charge in [0, 0.05) is 12.1 Å². The molecule has 4 heteroatoms. The monoisotopic (exact) mass is 217 g/mol. The summed E-state index contributed by atoms with van der Waals surface area (Å²) in [6, 6.07) is 0. The van der Waals surface area contributed by atoms with Crippen molar-refractivity contribution >= 4 is 5.97 Å². The third kappa shape index (κ3) is 9.69. The number of ether oxygens (including phenoxy) is 1. The van der Waals surface area contributed by atoms with Gasteiger partial charge in [0.1, 0.15) is 0 Å². The molecule has 90 valence electrons. The van der Waals surface area contributed by atoms with E-state index >= 15 is 0 Å². The van der Waals surface area contributed by atoms with Gasteiger partial charge in [-0.3, -0.25) is 4.79 Å². The first kappa shape index (κ1) is 14.4. The lowest BCUT2D eigenvalue weighted by Crippen LogP contribution is -2.43. The molecular formula is C11H23NO3. The Labute approximate surface area is 92.0 Å². The summed E-state index contributed by atoms with van der Waals surface area (Å²) >= 11 is 0. The van der Waals surface area contributed by atoms with Crippen LogP contribution in [0.15, 0.2) is 0 Å². The second-order valence-corrected chi connectivity index (χ2v) is 5.34. The number of hydrogen-bond donors (Lipinski definition) is 2. The van der Waals surface area contributed by atoms with E-state index in [-0.39, 0.29) is 17.7 Å². The molecule has 0 atom stereocenters. The molecule has 0 amide bonds. The van der Waals surface area contributed by atoms with Gasteiger partial charge in [0.25, 0.3) is 0 Å². The van der Waals surface area contributed by atoms with Crippen molar-refractivity contribution in [1.29, 1.82) is 0 Å². The van der Waals surface area contributed by atoms with Gasteiger partial charge in [0.2, 0.25) is 0 Å². The molecule has 0 saturated heterocycles. The molecule has 0 unspecified atom stereocenters. The lowest BCUT2D eigenvalue weighted by molar-refractivity contribution is -0.136. The van der Waals surface area contributed by atoms with Crippen molar-refractivity contribution < 1.29 is 14.6 Å². The third-order valence-electron chi connectivity index (χ3n) is 1.98. The predicted octanol–water partition coefficient (Wildman–Crippen LogP) is 1.64. The molecule has 0 rings (SSSR count). The van der Waals surface area contributed by atoms with Crippen LogP contribution in [-0.4, -0.2) is 35.4 Å². The summed E-state index contributed by atoms with van der Waals surface area (Å²) in [4.78, 5) is 10.4. The Morgan fingerprint density at radius 3 is 2.20 bits per heavy atom. The third-order valence-corrected chi connectivity index (χ3v) is 1.98. The molecule has 0 aromatic rings. The number of carboxylic acid groups (broad SMARTS) is 1. The SMILES string of the molecule is CC(C)(CCOC(C)(C)C)NCC(=O)O. The van der Waals surface area contributed by atoms with E-state index in [1.54, 1.807) is 0 Å². The largest absolute Gasteiger partial charge is 0.480 e. The van der Waals surface area contributed by atoms with Crippen molar-refractivity contribution in [3.05, 3.63) is 0 Å². The van der Waals surface area contributed by atoms with Gasteiger partial charge in [0.05, 0.1) is 12.1 Å². The molecule has 4 nitrogen and oxygen atoms in total. The van der Waals surface area contributed by atoms with Crippen molar-refractivity contribution in [2.24, 2.45) is 0 Å². The number of rotatable bonds is 6. The minimum absolute atomic E-state index is 0.0114. The molecule has 0 aliphatic carbocycles. The van der Waals surface area contributed by atoms with E-state index in [1.165, 1.54) is 0 Å². The Bertz CT molecular complexity index is 206. The second-order valence-electron chi connectivity index (χ2n) is 5.34. The number of carbonyl (C=O) groups is 1. The molecule has 0 aromatic carbocycles. The maximum Gasteiger partial charge on any atom is 0.317 e. The number of hydrogen-bond acceptors (Lipinski definition) is 3. The highest BCUT2D eigenvalue weighted by Gasteiger charge is 2.19. The topological polar surface area (TPSA) is 58.6 Å². The van der Waals surface area contributed by atoms with E-state index < -0.39 is 5.97 Å². The van der Waals surface area contributed by atoms with Gasteiger partial charge < -0.3 is 15.2 Å². The minimum atomic E-state index is -0.834. The highest BCUT2D eigenvalue weighted by atomic mass is 16.5. The second kappa shape index (κ2) is 5.47. The molecule has 0 bridgehead atoms. The van der Waals surface area contributed by atoms with Crippen molar-refractivity contribution in [1.82, 2.24) is 5.32 Å². The van der Waals surface area contributed by atoms with Crippen LogP contribution in [0.4, 0.5) is 0 Å². The van der Waals surface area contributed by atoms with Crippen molar-refractivity contribution in [3.63, 3.8) is 0 Å². The number of nitrogens with one attached hydrogen (secondary N) is 1. The summed E-state index contributed by atoms with van der Waals surface area (Å²) in [5.41, 5.74) is -0.341. The molecule has 0 saturated carbocycles. The van der Waals surface area contributed by atoms with Crippen LogP contribution in [0, 0.1) is 0 Å². The van der Waals surface area contributed by atoms with E-state index in [0.717, 1.165) is 6.42 Å². The Morgan fingerprint density at radius 2 is 1.80 bits per heavy atom. The average Bonchev–Trinajstić information content (AvgIpc) is 1.98. The fourth-order valence-corrected chi connectivity index (χ4v) is 1.02. The molecule has 2 N–H and O–H groups in total. The first-order chi connectivity index (χ1) is 6.62. The van der Waals surface area contributed by atoms with Crippen molar-refractivity contribution in [2.45, 2.75) is 52.2 Å². The first-order valence-electron chi connectivity index (χ1n) is 5.23. The Kier molecular flexibility index (Phi) is 5.24. The summed E-state index contributed by atoms with van der Waals surface area (Å²) in [5.74, 6) is -0.834. The van der Waals surface area contributed by atoms with Crippen LogP contribution in [0.25, 0.3) is 0 Å². The van der Waals surface area contributed by atoms with Crippen LogP contribution in [-0.2, 0) is 9.53 Å². The van der Waals surface area contributed by atoms with Gasteiger partial charge in [-0.05, 0) is 41.0 Å². The van der Waals surface area contributed by atoms with Crippen LogP contribution < -0.4 is 5.32 Å². The van der Waals surface area contributed by atoms with E-state index in [2.05, 4.69) is 5.32 Å². The zero-order chi connectivity index (χ0) is 12.1. The van der Waals surface area contributed by atoms with Crippen LogP contribution in [0.3, 0.4) is 0 Å². The molecule has 0 radical (unpaired) electrons. The van der Waals surface area contributed by atoms with Crippen molar-refractivity contribution in [3.8, 4) is 0 Å². The van der Waals surface area contributed by atoms with Crippen LogP contribution in [0.1, 0.15) is 41.0 Å². The van der Waals surface area contributed by atoms with Crippen molar-refractivity contribution in [2.75, 3.05) is 13.2 Å². The average molecular weight is 217 g/mol. The van der Waals surface area contributed by atoms with Gasteiger partial charge in [-0.15, -0.1) is 0 Å². The lowest BCUT2D eigenvalue weighted by Gasteiger charge is -2.28. The molecule has 0 aliphatic rings. The summed E-state index contributed by atoms with van der Waals surface area (Å²) in [6.07, 6.45) is 0.789. The van der Waals surface area contributed by atoms with Crippen LogP contribution >= 0.6 is 0 Å². The number of carboxylic acids is 1. The molecule has 0 heterocycles. The summed E-state index contributed by atoms with van der Waals surface area (Å²) in [5, 5.41) is 11.5. The highest BCUT2D eigenvalue weighted by Crippen LogP contribution is 2.12. The Hall–Kier alpha value is -0.610. The fraction of sp³-hybridized carbons (Fsp3) is 0.909. The van der Waals surface area contributed by atoms with Crippen LogP contribution in [0.2, 0.25) is 0 Å². The molecule has 0 aromatic heterocycles. The molecule has 0 spiro atoms. The van der Waals surface area contributed by atoms with Crippen LogP contribution in [0.5, 0.6) is 0 Å². The zero-order valence-electron chi connectivity index (χ0n) is 10.4. The van der Waals surface area contributed by atoms with E-state index in [1.807, 2.05) is 34.6 Å². The maximum atomic E-state index is 10.4. The Morgan fingerprint density at radius 1 is 1.27 bits per heavy atom. The molecular weight excluding hydrogens is 194 g/mol. The normalized spacial score (nSPS) is 12.9. The van der Waals surface area contributed by atoms with Gasteiger partial charge >= 0.3 is 5.97 Å². The summed E-state index contributed by atoms with van der Waals surface area (Å²) in [7, 11) is 0. The maximum absolute atomic E-state index is 10.4. The zero-order valence-corrected chi connectivity index (χ0v) is 10.4. The standard InChI is InChI=1S/C11H23NO3/c1-10(2,3)15-7-6-11(4,5)12-8-9(13)14/h12H,6-8H2,1-5H3,(H,13,14). The van der Waals surface area contributed by atoms with E-state index in [9.17, 15) is 4.79 Å². The van der Waals surface area contributed by atoms with E-state index in [0.29, 0.717) is 6.61 Å². The highest BCUT2D eigenvalue weighted by molar-refractivity contribution is 5.69. The van der Waals surface area contributed by atoms with Gasteiger partial charge in [0.15, 0.2) is 0 Å². The summed E-state index contributed by atoms with van der Waals surface area (Å²) < 4.78 is 5.58. The Balaban J connectivity index is 3.78. The fourth-order valence-electron chi connectivity index (χ4n) is 1.02. The molecule has 0 aliphatic heterocycles. The molecule has 15 heavy (non-hydrogen) atoms. The van der Waals surface area contributed by atoms with Gasteiger partial charge in [-0.1, -0.05) is 0 Å². The summed E-state index contributed by atoms with van der Waals surface area (Å²) in [6.45, 7) is 10.6. The predicted molar refractivity (Wildman–Crippen MR) is 60.0 cm³/mol. The smallest absolute Gasteiger partial charge is 0.317 e. The van der Waals surface area contributed by atoms with E-state index in [4.69, 9.17) is 9.84 Å². The lowest BCUT2D eigenvalue weighted by atomic mass is 10.0. The molecule has 0 fully saturated rings.